The molecule has 1 heterocycles. The highest BCUT2D eigenvalue weighted by Crippen LogP contribution is 2.52. The summed E-state index contributed by atoms with van der Waals surface area (Å²) in [5.74, 6) is 2.69. The predicted octanol–water partition coefficient (Wildman–Crippen LogP) is 6.05. The van der Waals surface area contributed by atoms with E-state index in [1.165, 1.54) is 23.5 Å². The molecule has 0 aromatic heterocycles. The van der Waals surface area contributed by atoms with Crippen LogP contribution in [0.1, 0.15) is 12.0 Å². The van der Waals surface area contributed by atoms with E-state index in [9.17, 15) is 10.2 Å². The lowest BCUT2D eigenvalue weighted by Gasteiger charge is -2.41. The average molecular weight is 810 g/mol. The van der Waals surface area contributed by atoms with Crippen LogP contribution in [0.2, 0.25) is 0 Å². The minimum absolute atomic E-state index is 0.254. The van der Waals surface area contributed by atoms with Crippen LogP contribution < -0.4 is 0 Å². The zero-order valence-electron chi connectivity index (χ0n) is 12.3. The second-order valence-corrected chi connectivity index (χ2v) is 13.1. The third kappa shape index (κ3) is 4.08. The molecular weight excluding hydrogens is 796 g/mol. The molecule has 24 heavy (non-hydrogen) atoms. The summed E-state index contributed by atoms with van der Waals surface area (Å²) in [6, 6.07) is 4.18. The largest absolute Gasteiger partial charge is 0.506 e. The molecule has 1 aromatic carbocycles. The maximum Gasteiger partial charge on any atom is 0.142 e. The van der Waals surface area contributed by atoms with Crippen molar-refractivity contribution in [1.82, 2.24) is 0 Å². The fourth-order valence-corrected chi connectivity index (χ4v) is 10.2. The first-order valence-corrected chi connectivity index (χ1v) is 13.6. The SMILES string of the molecule is Oc1c(I)cc(C2(C3SCCCS3)C=C(I)C(O)C(I)=C2)cc1I. The van der Waals surface area contributed by atoms with Crippen LogP contribution in [-0.2, 0) is 5.41 Å². The number of phenols is 1. The lowest BCUT2D eigenvalue weighted by Crippen LogP contribution is -2.37. The standard InChI is InChI=1S/C16H14I4O2S2/c17-9-4-8(5-10(18)13(9)21)16(15-23-2-1-3-24-15)6-11(19)14(22)12(20)7-16/h4-7,14-15,21-22H,1-3H2. The number of halogens is 4. The summed E-state index contributed by atoms with van der Waals surface area (Å²) in [4.78, 5) is 0. The van der Waals surface area contributed by atoms with Crippen molar-refractivity contribution in [3.8, 4) is 5.75 Å². The molecule has 0 saturated carbocycles. The molecule has 130 valence electrons. The number of benzene rings is 1. The highest BCUT2D eigenvalue weighted by Gasteiger charge is 2.43. The third-order valence-electron chi connectivity index (χ3n) is 4.01. The molecule has 3 rings (SSSR count). The van der Waals surface area contributed by atoms with Gasteiger partial charge < -0.3 is 10.2 Å². The van der Waals surface area contributed by atoms with E-state index in [1.807, 2.05) is 23.5 Å². The summed E-state index contributed by atoms with van der Waals surface area (Å²) < 4.78 is 4.08. The summed E-state index contributed by atoms with van der Waals surface area (Å²) in [5.41, 5.74) is 0.937. The van der Waals surface area contributed by atoms with Crippen molar-refractivity contribution in [2.75, 3.05) is 11.5 Å². The van der Waals surface area contributed by atoms with Crippen LogP contribution in [0.4, 0.5) is 0 Å². The summed E-state index contributed by atoms with van der Waals surface area (Å²) in [5, 5.41) is 20.5. The van der Waals surface area contributed by atoms with Crippen molar-refractivity contribution in [3.63, 3.8) is 0 Å². The van der Waals surface area contributed by atoms with Crippen LogP contribution in [0.25, 0.3) is 0 Å². The van der Waals surface area contributed by atoms with E-state index in [-0.39, 0.29) is 5.41 Å². The fourth-order valence-electron chi connectivity index (χ4n) is 2.81. The molecule has 0 bridgehead atoms. The Hall–Kier alpha value is 2.08. The van der Waals surface area contributed by atoms with E-state index in [0.29, 0.717) is 10.3 Å². The fraction of sp³-hybridized carbons (Fsp3) is 0.375. The van der Waals surface area contributed by atoms with Crippen molar-refractivity contribution in [3.05, 3.63) is 44.1 Å². The molecule has 0 radical (unpaired) electrons. The maximum atomic E-state index is 10.4. The highest BCUT2D eigenvalue weighted by atomic mass is 127. The Bertz CT molecular complexity index is 671. The zero-order chi connectivity index (χ0) is 17.5. The van der Waals surface area contributed by atoms with Crippen molar-refractivity contribution >= 4 is 114 Å². The highest BCUT2D eigenvalue weighted by molar-refractivity contribution is 14.1. The summed E-state index contributed by atoms with van der Waals surface area (Å²) in [6.07, 6.45) is 5.20. The number of phenolic OH excluding ortho intramolecular Hbond substituents is 1. The van der Waals surface area contributed by atoms with Gasteiger partial charge in [0.1, 0.15) is 11.9 Å². The third-order valence-corrected chi connectivity index (χ3v) is 10.7. The lowest BCUT2D eigenvalue weighted by atomic mass is 9.78. The normalized spacial score (nSPS) is 28.5. The second-order valence-electron chi connectivity index (χ2n) is 5.61. The molecule has 2 aliphatic rings. The number of aliphatic hydroxyl groups is 1. The number of aliphatic hydroxyl groups excluding tert-OH is 1. The molecule has 8 heteroatoms. The van der Waals surface area contributed by atoms with Gasteiger partial charge in [0, 0.05) is 7.16 Å². The van der Waals surface area contributed by atoms with E-state index in [0.717, 1.165) is 14.3 Å². The monoisotopic (exact) mass is 810 g/mol. The molecule has 1 aliphatic carbocycles. The summed E-state index contributed by atoms with van der Waals surface area (Å²) in [7, 11) is 0. The van der Waals surface area contributed by atoms with Gasteiger partial charge in [0.05, 0.1) is 17.1 Å². The lowest BCUT2D eigenvalue weighted by molar-refractivity contribution is 0.263. The Balaban J connectivity index is 2.20. The Labute approximate surface area is 205 Å². The van der Waals surface area contributed by atoms with Crippen LogP contribution in [0.5, 0.6) is 5.75 Å². The minimum atomic E-state index is -0.506. The molecule has 2 N–H and O–H groups in total. The van der Waals surface area contributed by atoms with Gasteiger partial charge in [0.15, 0.2) is 0 Å². The van der Waals surface area contributed by atoms with E-state index in [1.54, 1.807) is 0 Å². The topological polar surface area (TPSA) is 40.5 Å². The first-order valence-electron chi connectivity index (χ1n) is 7.21. The predicted molar refractivity (Wildman–Crippen MR) is 139 cm³/mol. The van der Waals surface area contributed by atoms with Crippen molar-refractivity contribution < 1.29 is 10.2 Å². The molecule has 0 atom stereocenters. The number of hydrogen-bond donors (Lipinski definition) is 2. The quantitative estimate of drug-likeness (QED) is 0.358. The maximum absolute atomic E-state index is 10.4. The second kappa shape index (κ2) is 8.62. The molecular formula is C16H14I4O2S2. The van der Waals surface area contributed by atoms with Crippen LogP contribution in [0.3, 0.4) is 0 Å². The average Bonchev–Trinajstić information content (AvgIpc) is 2.57. The van der Waals surface area contributed by atoms with Crippen LogP contribution in [0.15, 0.2) is 31.4 Å². The van der Waals surface area contributed by atoms with E-state index in [4.69, 9.17) is 0 Å². The van der Waals surface area contributed by atoms with Crippen molar-refractivity contribution in [2.24, 2.45) is 0 Å². The number of thioether (sulfide) groups is 2. The number of aromatic hydroxyl groups is 1. The Morgan fingerprint density at radius 3 is 1.96 bits per heavy atom. The van der Waals surface area contributed by atoms with Gasteiger partial charge in [-0.2, -0.15) is 0 Å². The van der Waals surface area contributed by atoms with Crippen LogP contribution >= 0.6 is 114 Å². The van der Waals surface area contributed by atoms with Gasteiger partial charge in [-0.25, -0.2) is 0 Å². The Morgan fingerprint density at radius 2 is 1.46 bits per heavy atom. The van der Waals surface area contributed by atoms with Gasteiger partial charge in [-0.3, -0.25) is 0 Å². The van der Waals surface area contributed by atoms with E-state index >= 15 is 0 Å². The van der Waals surface area contributed by atoms with Gasteiger partial charge in [-0.1, -0.05) is 12.2 Å². The van der Waals surface area contributed by atoms with Gasteiger partial charge in [0.2, 0.25) is 0 Å². The molecule has 1 aromatic rings. The first kappa shape index (κ1) is 20.8. The first-order chi connectivity index (χ1) is 11.3. The zero-order valence-corrected chi connectivity index (χ0v) is 22.6. The van der Waals surface area contributed by atoms with Crippen LogP contribution in [-0.4, -0.2) is 32.4 Å². The summed E-state index contributed by atoms with van der Waals surface area (Å²) in [6.45, 7) is 0. The molecule has 0 amide bonds. The number of rotatable bonds is 2. The van der Waals surface area contributed by atoms with Gasteiger partial charge >= 0.3 is 0 Å². The van der Waals surface area contributed by atoms with Crippen molar-refractivity contribution in [1.29, 1.82) is 0 Å². The number of allylic oxidation sites excluding steroid dienone is 2. The molecule has 1 saturated heterocycles. The molecule has 0 spiro atoms. The molecule has 1 aliphatic heterocycles. The van der Waals surface area contributed by atoms with Crippen molar-refractivity contribution in [2.45, 2.75) is 22.5 Å². The van der Waals surface area contributed by atoms with E-state index in [2.05, 4.69) is 115 Å². The minimum Gasteiger partial charge on any atom is -0.506 e. The van der Waals surface area contributed by atoms with Crippen LogP contribution in [0, 0.1) is 7.14 Å². The molecule has 0 unspecified atom stereocenters. The Morgan fingerprint density at radius 1 is 0.958 bits per heavy atom. The summed E-state index contributed by atoms with van der Waals surface area (Å²) >= 11 is 12.9. The number of hydrogen-bond acceptors (Lipinski definition) is 4. The smallest absolute Gasteiger partial charge is 0.142 e. The van der Waals surface area contributed by atoms with Gasteiger partial charge in [0.25, 0.3) is 0 Å². The van der Waals surface area contributed by atoms with Gasteiger partial charge in [-0.15, -0.1) is 23.5 Å². The van der Waals surface area contributed by atoms with E-state index < -0.39 is 6.10 Å². The van der Waals surface area contributed by atoms with Gasteiger partial charge in [-0.05, 0) is 126 Å². The molecule has 1 fully saturated rings. The molecule has 2 nitrogen and oxygen atoms in total. The Kier molecular flexibility index (Phi) is 7.47.